The highest BCUT2D eigenvalue weighted by Gasteiger charge is 2.13. The van der Waals surface area contributed by atoms with Gasteiger partial charge < -0.3 is 15.0 Å². The maximum atomic E-state index is 11.5. The zero-order valence-electron chi connectivity index (χ0n) is 10.5. The molecule has 0 aliphatic heterocycles. The highest BCUT2D eigenvalue weighted by Crippen LogP contribution is 2.27. The fraction of sp³-hybridized carbons (Fsp3) is 0.333. The second-order valence-corrected chi connectivity index (χ2v) is 5.25. The normalized spacial score (nSPS) is 12.2. The van der Waals surface area contributed by atoms with Crippen molar-refractivity contribution in [3.8, 4) is 5.75 Å². The lowest BCUT2D eigenvalue weighted by Gasteiger charge is -2.14. The van der Waals surface area contributed by atoms with Gasteiger partial charge in [0.1, 0.15) is 0 Å². The number of nitrogens with one attached hydrogen (secondary N) is 2. The number of hydrogen-bond donors (Lipinski definition) is 2. The highest BCUT2D eigenvalue weighted by molar-refractivity contribution is 7.12. The predicted octanol–water partition coefficient (Wildman–Crippen LogP) is 2.32. The summed E-state index contributed by atoms with van der Waals surface area (Å²) in [5.74, 6) is 0.664. The van der Waals surface area contributed by atoms with Crippen molar-refractivity contribution in [3.63, 3.8) is 0 Å². The van der Waals surface area contributed by atoms with E-state index in [0.717, 1.165) is 0 Å². The molecule has 0 spiro atoms. The first-order chi connectivity index (χ1) is 8.61. The molecule has 5 nitrogen and oxygen atoms in total. The van der Waals surface area contributed by atoms with E-state index in [1.807, 2.05) is 6.92 Å². The number of aromatic amines is 1. The average molecular weight is 265 g/mol. The van der Waals surface area contributed by atoms with Gasteiger partial charge in [0.15, 0.2) is 5.82 Å². The van der Waals surface area contributed by atoms with E-state index in [1.54, 1.807) is 11.3 Å². The van der Waals surface area contributed by atoms with Crippen molar-refractivity contribution < 1.29 is 4.74 Å². The number of aryl methyl sites for hydroxylation is 1. The molecule has 1 atom stereocenters. The summed E-state index contributed by atoms with van der Waals surface area (Å²) in [5.41, 5.74) is -0.287. The SMILES string of the molecule is COc1c(NC(C)c2ccc(C)s2)nc[nH]c1=O. The maximum absolute atomic E-state index is 11.5. The second kappa shape index (κ2) is 5.22. The fourth-order valence-electron chi connectivity index (χ4n) is 1.64. The molecule has 0 aliphatic carbocycles. The van der Waals surface area contributed by atoms with Gasteiger partial charge in [-0.1, -0.05) is 0 Å². The van der Waals surface area contributed by atoms with Gasteiger partial charge >= 0.3 is 0 Å². The number of thiophene rings is 1. The lowest BCUT2D eigenvalue weighted by Crippen LogP contribution is -2.15. The first kappa shape index (κ1) is 12.6. The van der Waals surface area contributed by atoms with Crippen LogP contribution in [0.2, 0.25) is 0 Å². The Bertz CT molecular complexity index is 591. The van der Waals surface area contributed by atoms with E-state index in [2.05, 4.69) is 34.3 Å². The topological polar surface area (TPSA) is 67.0 Å². The highest BCUT2D eigenvalue weighted by atomic mass is 32.1. The van der Waals surface area contributed by atoms with E-state index < -0.39 is 0 Å². The summed E-state index contributed by atoms with van der Waals surface area (Å²) in [5, 5.41) is 3.19. The van der Waals surface area contributed by atoms with Crippen LogP contribution in [0.25, 0.3) is 0 Å². The van der Waals surface area contributed by atoms with Crippen LogP contribution in [-0.4, -0.2) is 17.1 Å². The second-order valence-electron chi connectivity index (χ2n) is 3.93. The van der Waals surface area contributed by atoms with Gasteiger partial charge in [0.25, 0.3) is 5.56 Å². The molecule has 0 amide bonds. The molecule has 0 aliphatic rings. The van der Waals surface area contributed by atoms with E-state index >= 15 is 0 Å². The molecule has 1 unspecified atom stereocenters. The summed E-state index contributed by atoms with van der Waals surface area (Å²) in [6.45, 7) is 4.08. The Hall–Kier alpha value is -1.82. The minimum Gasteiger partial charge on any atom is -0.489 e. The molecule has 2 aromatic heterocycles. The number of anilines is 1. The third kappa shape index (κ3) is 2.53. The van der Waals surface area contributed by atoms with Crippen LogP contribution in [0.5, 0.6) is 5.75 Å². The van der Waals surface area contributed by atoms with E-state index in [1.165, 1.54) is 23.2 Å². The number of ether oxygens (including phenoxy) is 1. The van der Waals surface area contributed by atoms with Gasteiger partial charge in [-0.2, -0.15) is 0 Å². The van der Waals surface area contributed by atoms with Crippen molar-refractivity contribution in [1.29, 1.82) is 0 Å². The third-order valence-corrected chi connectivity index (χ3v) is 3.74. The predicted molar refractivity (Wildman–Crippen MR) is 72.5 cm³/mol. The zero-order chi connectivity index (χ0) is 13.1. The Morgan fingerprint density at radius 3 is 2.89 bits per heavy atom. The van der Waals surface area contributed by atoms with Gasteiger partial charge in [0, 0.05) is 9.75 Å². The van der Waals surface area contributed by atoms with Crippen LogP contribution in [0, 0.1) is 6.92 Å². The van der Waals surface area contributed by atoms with E-state index in [-0.39, 0.29) is 17.4 Å². The molecule has 0 radical (unpaired) electrons. The molecule has 18 heavy (non-hydrogen) atoms. The zero-order valence-corrected chi connectivity index (χ0v) is 11.3. The van der Waals surface area contributed by atoms with E-state index in [9.17, 15) is 4.79 Å². The summed E-state index contributed by atoms with van der Waals surface area (Å²) in [6.07, 6.45) is 1.36. The van der Waals surface area contributed by atoms with Crippen LogP contribution >= 0.6 is 11.3 Å². The molecule has 0 saturated carbocycles. The van der Waals surface area contributed by atoms with Crippen LogP contribution in [0.1, 0.15) is 22.7 Å². The number of nitrogens with zero attached hydrogens (tertiary/aromatic N) is 1. The molecule has 2 rings (SSSR count). The minimum absolute atomic E-state index is 0.0758. The Morgan fingerprint density at radius 1 is 1.50 bits per heavy atom. The van der Waals surface area contributed by atoms with Crippen molar-refractivity contribution in [2.75, 3.05) is 12.4 Å². The molecule has 0 aromatic carbocycles. The van der Waals surface area contributed by atoms with Crippen LogP contribution in [0.4, 0.5) is 5.82 Å². The number of aromatic nitrogens is 2. The lowest BCUT2D eigenvalue weighted by molar-refractivity contribution is 0.407. The van der Waals surface area contributed by atoms with Crippen molar-refractivity contribution in [1.82, 2.24) is 9.97 Å². The Kier molecular flexibility index (Phi) is 3.66. The minimum atomic E-state index is -0.287. The van der Waals surface area contributed by atoms with E-state index in [4.69, 9.17) is 4.74 Å². The number of hydrogen-bond acceptors (Lipinski definition) is 5. The van der Waals surface area contributed by atoms with Gasteiger partial charge in [-0.3, -0.25) is 4.79 Å². The molecule has 0 bridgehead atoms. The molecular weight excluding hydrogens is 250 g/mol. The van der Waals surface area contributed by atoms with Gasteiger partial charge in [-0.05, 0) is 26.0 Å². The molecule has 0 fully saturated rings. The molecular formula is C12H15N3O2S. The van der Waals surface area contributed by atoms with Crippen molar-refractivity contribution in [2.45, 2.75) is 19.9 Å². The van der Waals surface area contributed by atoms with Gasteiger partial charge in [-0.25, -0.2) is 4.98 Å². The first-order valence-corrected chi connectivity index (χ1v) is 6.38. The molecule has 6 heteroatoms. The van der Waals surface area contributed by atoms with Crippen molar-refractivity contribution in [2.24, 2.45) is 0 Å². The third-order valence-electron chi connectivity index (χ3n) is 2.56. The number of rotatable bonds is 4. The molecule has 2 heterocycles. The summed E-state index contributed by atoms with van der Waals surface area (Å²) < 4.78 is 5.05. The van der Waals surface area contributed by atoms with Crippen LogP contribution in [0.15, 0.2) is 23.3 Å². The monoisotopic (exact) mass is 265 g/mol. The van der Waals surface area contributed by atoms with Gasteiger partial charge in [0.2, 0.25) is 5.75 Å². The molecule has 2 aromatic rings. The van der Waals surface area contributed by atoms with Crippen LogP contribution < -0.4 is 15.6 Å². The Balaban J connectivity index is 2.24. The van der Waals surface area contributed by atoms with Crippen LogP contribution in [0.3, 0.4) is 0 Å². The lowest BCUT2D eigenvalue weighted by atomic mass is 10.2. The number of H-pyrrole nitrogens is 1. The Labute approximate surface area is 109 Å². The van der Waals surface area contributed by atoms with E-state index in [0.29, 0.717) is 5.82 Å². The molecule has 96 valence electrons. The quantitative estimate of drug-likeness (QED) is 0.890. The molecule has 0 saturated heterocycles. The van der Waals surface area contributed by atoms with Gasteiger partial charge in [0.05, 0.1) is 19.5 Å². The summed E-state index contributed by atoms with van der Waals surface area (Å²) in [7, 11) is 1.46. The van der Waals surface area contributed by atoms with Gasteiger partial charge in [-0.15, -0.1) is 11.3 Å². The Morgan fingerprint density at radius 2 is 2.28 bits per heavy atom. The largest absolute Gasteiger partial charge is 0.489 e. The summed E-state index contributed by atoms with van der Waals surface area (Å²) in [6, 6.07) is 4.21. The maximum Gasteiger partial charge on any atom is 0.295 e. The van der Waals surface area contributed by atoms with Crippen LogP contribution in [-0.2, 0) is 0 Å². The fourth-order valence-corrected chi connectivity index (χ4v) is 2.52. The average Bonchev–Trinajstić information content (AvgIpc) is 2.76. The standard InChI is InChI=1S/C12H15N3O2S/c1-7-4-5-9(18-7)8(2)15-11-10(17-3)12(16)14-6-13-11/h4-6,8H,1-3H3,(H2,13,14,15,16). The number of methoxy groups -OCH3 is 1. The molecule has 2 N–H and O–H groups in total. The van der Waals surface area contributed by atoms with Crippen molar-refractivity contribution >= 4 is 17.2 Å². The smallest absolute Gasteiger partial charge is 0.295 e. The first-order valence-electron chi connectivity index (χ1n) is 5.56. The van der Waals surface area contributed by atoms with Crippen molar-refractivity contribution in [3.05, 3.63) is 38.6 Å². The summed E-state index contributed by atoms with van der Waals surface area (Å²) in [4.78, 5) is 20.6. The summed E-state index contributed by atoms with van der Waals surface area (Å²) >= 11 is 1.72.